The molecule has 2 rings (SSSR count). The Kier molecular flexibility index (Phi) is 3.89. The zero-order chi connectivity index (χ0) is 14.0. The lowest BCUT2D eigenvalue weighted by Gasteiger charge is -2.44. The van der Waals surface area contributed by atoms with E-state index in [-0.39, 0.29) is 5.91 Å². The summed E-state index contributed by atoms with van der Waals surface area (Å²) in [5.74, 6) is 0.483. The van der Waals surface area contributed by atoms with Gasteiger partial charge in [0.2, 0.25) is 5.91 Å². The van der Waals surface area contributed by atoms with Crippen molar-refractivity contribution in [3.8, 4) is 0 Å². The summed E-state index contributed by atoms with van der Waals surface area (Å²) in [5, 5.41) is 7.20. The lowest BCUT2D eigenvalue weighted by atomic mass is 9.62. The standard InChI is InChI=1S/C13H20N4OS/c1-9-7-13(8-9,11(14)19)12(18)15-5-3-10-4-6-17(2)16-10/h4,6,9H,3,5,7-8H2,1-2H3,(H2,14,19)(H,15,18). The molecule has 19 heavy (non-hydrogen) atoms. The van der Waals surface area contributed by atoms with Crippen molar-refractivity contribution in [2.45, 2.75) is 26.2 Å². The lowest BCUT2D eigenvalue weighted by Crippen LogP contribution is -2.56. The minimum atomic E-state index is -0.612. The summed E-state index contributed by atoms with van der Waals surface area (Å²) in [7, 11) is 1.87. The average Bonchev–Trinajstić information content (AvgIpc) is 2.70. The second-order valence-corrected chi connectivity index (χ2v) is 5.89. The maximum absolute atomic E-state index is 12.2. The van der Waals surface area contributed by atoms with Crippen molar-refractivity contribution >= 4 is 23.1 Å². The van der Waals surface area contributed by atoms with Gasteiger partial charge >= 0.3 is 0 Å². The molecule has 5 nitrogen and oxygen atoms in total. The van der Waals surface area contributed by atoms with Gasteiger partial charge in [0.25, 0.3) is 0 Å². The third-order valence-electron chi connectivity index (χ3n) is 3.74. The number of carbonyl (C=O) groups excluding carboxylic acids is 1. The maximum atomic E-state index is 12.2. The highest BCUT2D eigenvalue weighted by Gasteiger charge is 2.50. The summed E-state index contributed by atoms with van der Waals surface area (Å²) in [5.41, 5.74) is 6.09. The number of amides is 1. The van der Waals surface area contributed by atoms with Crippen LogP contribution in [0.5, 0.6) is 0 Å². The highest BCUT2D eigenvalue weighted by molar-refractivity contribution is 7.80. The van der Waals surface area contributed by atoms with Crippen LogP contribution in [0.15, 0.2) is 12.3 Å². The van der Waals surface area contributed by atoms with Gasteiger partial charge in [0.1, 0.15) is 0 Å². The van der Waals surface area contributed by atoms with Crippen molar-refractivity contribution in [2.24, 2.45) is 24.1 Å². The predicted molar refractivity (Wildman–Crippen MR) is 77.5 cm³/mol. The molecule has 1 saturated carbocycles. The van der Waals surface area contributed by atoms with E-state index in [0.717, 1.165) is 25.0 Å². The van der Waals surface area contributed by atoms with Crippen molar-refractivity contribution < 1.29 is 4.79 Å². The fourth-order valence-corrected chi connectivity index (χ4v) is 2.96. The number of hydrogen-bond acceptors (Lipinski definition) is 3. The van der Waals surface area contributed by atoms with Crippen LogP contribution in [0.1, 0.15) is 25.5 Å². The first kappa shape index (κ1) is 14.0. The summed E-state index contributed by atoms with van der Waals surface area (Å²) in [6.07, 6.45) is 4.13. The molecule has 0 spiro atoms. The Labute approximate surface area is 118 Å². The Morgan fingerprint density at radius 1 is 1.68 bits per heavy atom. The quantitative estimate of drug-likeness (QED) is 0.782. The van der Waals surface area contributed by atoms with E-state index in [1.807, 2.05) is 19.3 Å². The zero-order valence-corrected chi connectivity index (χ0v) is 12.2. The Hall–Kier alpha value is -1.43. The van der Waals surface area contributed by atoms with Gasteiger partial charge in [0, 0.05) is 26.2 Å². The molecule has 0 aromatic carbocycles. The molecule has 1 aromatic rings. The molecule has 104 valence electrons. The maximum Gasteiger partial charge on any atom is 0.233 e. The van der Waals surface area contributed by atoms with E-state index in [4.69, 9.17) is 18.0 Å². The van der Waals surface area contributed by atoms with Gasteiger partial charge < -0.3 is 11.1 Å². The minimum absolute atomic E-state index is 0.0333. The number of aromatic nitrogens is 2. The molecule has 1 fully saturated rings. The molecule has 1 amide bonds. The summed E-state index contributed by atoms with van der Waals surface area (Å²) in [6, 6.07) is 1.95. The first-order valence-electron chi connectivity index (χ1n) is 6.51. The minimum Gasteiger partial charge on any atom is -0.392 e. The molecule has 1 aliphatic carbocycles. The number of nitrogens with two attached hydrogens (primary N) is 1. The van der Waals surface area contributed by atoms with Crippen LogP contribution >= 0.6 is 12.2 Å². The highest BCUT2D eigenvalue weighted by atomic mass is 32.1. The first-order valence-corrected chi connectivity index (χ1v) is 6.91. The van der Waals surface area contributed by atoms with Crippen LogP contribution < -0.4 is 11.1 Å². The fraction of sp³-hybridized carbons (Fsp3) is 0.615. The molecule has 1 aliphatic rings. The van der Waals surface area contributed by atoms with Gasteiger partial charge in [-0.1, -0.05) is 19.1 Å². The van der Waals surface area contributed by atoms with E-state index >= 15 is 0 Å². The van der Waals surface area contributed by atoms with E-state index in [2.05, 4.69) is 17.3 Å². The smallest absolute Gasteiger partial charge is 0.233 e. The van der Waals surface area contributed by atoms with Crippen molar-refractivity contribution in [3.05, 3.63) is 18.0 Å². The Balaban J connectivity index is 1.85. The molecule has 6 heteroatoms. The zero-order valence-electron chi connectivity index (χ0n) is 11.3. The van der Waals surface area contributed by atoms with Crippen molar-refractivity contribution in [1.82, 2.24) is 15.1 Å². The Bertz CT molecular complexity index is 491. The summed E-state index contributed by atoms with van der Waals surface area (Å²) in [4.78, 5) is 12.5. The van der Waals surface area contributed by atoms with Crippen LogP contribution in [0.3, 0.4) is 0 Å². The lowest BCUT2D eigenvalue weighted by molar-refractivity contribution is -0.132. The van der Waals surface area contributed by atoms with Crippen LogP contribution in [0.2, 0.25) is 0 Å². The van der Waals surface area contributed by atoms with Gasteiger partial charge in [-0.2, -0.15) is 5.10 Å². The van der Waals surface area contributed by atoms with Crippen molar-refractivity contribution in [2.75, 3.05) is 6.54 Å². The predicted octanol–water partition coefficient (Wildman–Crippen LogP) is 0.781. The molecule has 0 unspecified atom stereocenters. The molecular weight excluding hydrogens is 260 g/mol. The molecule has 0 atom stereocenters. The average molecular weight is 280 g/mol. The fourth-order valence-electron chi connectivity index (χ4n) is 2.70. The third kappa shape index (κ3) is 2.78. The van der Waals surface area contributed by atoms with Crippen LogP contribution in [0.4, 0.5) is 0 Å². The van der Waals surface area contributed by atoms with Gasteiger partial charge in [-0.25, -0.2) is 0 Å². The number of aryl methyl sites for hydroxylation is 1. The van der Waals surface area contributed by atoms with E-state index in [9.17, 15) is 4.79 Å². The summed E-state index contributed by atoms with van der Waals surface area (Å²) < 4.78 is 1.75. The van der Waals surface area contributed by atoms with E-state index in [1.165, 1.54) is 0 Å². The number of thiocarbonyl (C=S) groups is 1. The van der Waals surface area contributed by atoms with Crippen LogP contribution in [-0.4, -0.2) is 27.2 Å². The van der Waals surface area contributed by atoms with Crippen LogP contribution in [0, 0.1) is 11.3 Å². The van der Waals surface area contributed by atoms with E-state index in [1.54, 1.807) is 4.68 Å². The monoisotopic (exact) mass is 280 g/mol. The number of hydrogen-bond donors (Lipinski definition) is 2. The summed E-state index contributed by atoms with van der Waals surface area (Å²) >= 11 is 5.06. The molecular formula is C13H20N4OS. The molecule has 1 aromatic heterocycles. The van der Waals surface area contributed by atoms with E-state index < -0.39 is 5.41 Å². The normalized spacial score (nSPS) is 25.7. The number of nitrogens with one attached hydrogen (secondary N) is 1. The Morgan fingerprint density at radius 2 is 2.37 bits per heavy atom. The molecule has 0 aliphatic heterocycles. The van der Waals surface area contributed by atoms with Gasteiger partial charge in [-0.05, 0) is 24.8 Å². The number of rotatable bonds is 5. The molecule has 0 bridgehead atoms. The SMILES string of the molecule is CC1CC(C(=O)NCCc2ccn(C)n2)(C(N)=S)C1. The van der Waals surface area contributed by atoms with Crippen molar-refractivity contribution in [3.63, 3.8) is 0 Å². The second kappa shape index (κ2) is 5.28. The largest absolute Gasteiger partial charge is 0.392 e. The van der Waals surface area contributed by atoms with Crippen LogP contribution in [0.25, 0.3) is 0 Å². The third-order valence-corrected chi connectivity index (χ3v) is 4.13. The van der Waals surface area contributed by atoms with Crippen LogP contribution in [-0.2, 0) is 18.3 Å². The van der Waals surface area contributed by atoms with Gasteiger partial charge in [-0.15, -0.1) is 0 Å². The van der Waals surface area contributed by atoms with Crippen molar-refractivity contribution in [1.29, 1.82) is 0 Å². The van der Waals surface area contributed by atoms with Gasteiger partial charge in [0.15, 0.2) is 0 Å². The molecule has 3 N–H and O–H groups in total. The second-order valence-electron chi connectivity index (χ2n) is 5.45. The van der Waals surface area contributed by atoms with Gasteiger partial charge in [-0.3, -0.25) is 9.48 Å². The number of nitrogens with zero attached hydrogens (tertiary/aromatic N) is 2. The summed E-state index contributed by atoms with van der Waals surface area (Å²) in [6.45, 7) is 2.67. The first-order chi connectivity index (χ1) is 8.94. The molecule has 0 saturated heterocycles. The molecule has 1 heterocycles. The highest BCUT2D eigenvalue weighted by Crippen LogP contribution is 2.45. The number of carbonyl (C=O) groups is 1. The Morgan fingerprint density at radius 3 is 2.84 bits per heavy atom. The topological polar surface area (TPSA) is 72.9 Å². The molecule has 0 radical (unpaired) electrons. The van der Waals surface area contributed by atoms with Gasteiger partial charge in [0.05, 0.1) is 16.1 Å². The van der Waals surface area contributed by atoms with E-state index in [0.29, 0.717) is 17.5 Å².